The molecular weight excluding hydrogens is 377 g/mol. The van der Waals surface area contributed by atoms with E-state index in [1.807, 2.05) is 0 Å². The van der Waals surface area contributed by atoms with Crippen LogP contribution >= 0.6 is 0 Å². The van der Waals surface area contributed by atoms with E-state index in [1.54, 1.807) is 6.92 Å². The second kappa shape index (κ2) is 8.04. The zero-order valence-electron chi connectivity index (χ0n) is 15.2. The zero-order valence-corrected chi connectivity index (χ0v) is 15.2. The summed E-state index contributed by atoms with van der Waals surface area (Å²) in [5.74, 6) is -1.04. The van der Waals surface area contributed by atoms with Gasteiger partial charge in [-0.3, -0.25) is 9.59 Å². The van der Waals surface area contributed by atoms with E-state index in [4.69, 9.17) is 9.15 Å². The Bertz CT molecular complexity index is 846. The van der Waals surface area contributed by atoms with Crippen molar-refractivity contribution in [1.29, 1.82) is 0 Å². The summed E-state index contributed by atoms with van der Waals surface area (Å²) in [5.41, 5.74) is -0.410. The number of benzene rings is 1. The molecule has 1 amide bonds. The smallest absolute Gasteiger partial charge is 0.416 e. The molecule has 150 valence electrons. The third-order valence-corrected chi connectivity index (χ3v) is 4.51. The van der Waals surface area contributed by atoms with Crippen LogP contribution in [0.5, 0.6) is 0 Å². The van der Waals surface area contributed by atoms with Crippen LogP contribution in [0.15, 0.2) is 34.9 Å². The Balaban J connectivity index is 1.71. The predicted octanol–water partition coefficient (Wildman–Crippen LogP) is 3.78. The molecule has 9 heteroatoms. The molecule has 0 spiro atoms. The molecule has 1 unspecified atom stereocenters. The van der Waals surface area contributed by atoms with Gasteiger partial charge in [-0.05, 0) is 44.0 Å². The molecule has 1 atom stereocenters. The quantitative estimate of drug-likeness (QED) is 0.736. The Labute approximate surface area is 159 Å². The van der Waals surface area contributed by atoms with E-state index in [9.17, 15) is 22.8 Å². The van der Waals surface area contributed by atoms with E-state index in [-0.39, 0.29) is 36.6 Å². The maximum absolute atomic E-state index is 12.7. The third kappa shape index (κ3) is 4.35. The lowest BCUT2D eigenvalue weighted by Gasteiger charge is -2.30. The van der Waals surface area contributed by atoms with Gasteiger partial charge < -0.3 is 14.1 Å². The summed E-state index contributed by atoms with van der Waals surface area (Å²) in [5, 5.41) is 0. The van der Waals surface area contributed by atoms with Gasteiger partial charge in [-0.25, -0.2) is 4.98 Å². The number of oxazole rings is 1. The van der Waals surface area contributed by atoms with E-state index in [0.717, 1.165) is 12.1 Å². The summed E-state index contributed by atoms with van der Waals surface area (Å²) in [6.07, 6.45) is -1.94. The number of halogens is 3. The van der Waals surface area contributed by atoms with Gasteiger partial charge >= 0.3 is 12.1 Å². The van der Waals surface area contributed by atoms with Crippen LogP contribution in [0.1, 0.15) is 35.8 Å². The highest BCUT2D eigenvalue weighted by Gasteiger charge is 2.32. The van der Waals surface area contributed by atoms with Gasteiger partial charge in [-0.15, -0.1) is 0 Å². The number of aromatic nitrogens is 1. The molecule has 0 saturated carbocycles. The number of likely N-dealkylation sites (tertiary alicyclic amines) is 1. The second-order valence-electron chi connectivity index (χ2n) is 6.46. The number of alkyl halides is 3. The number of carbonyl (C=O) groups excluding carboxylic acids is 2. The maximum Gasteiger partial charge on any atom is 0.416 e. The number of hydrogen-bond donors (Lipinski definition) is 0. The molecule has 6 nitrogen and oxygen atoms in total. The highest BCUT2D eigenvalue weighted by Crippen LogP contribution is 2.31. The zero-order chi connectivity index (χ0) is 20.3. The van der Waals surface area contributed by atoms with E-state index in [1.165, 1.54) is 23.3 Å². The summed E-state index contributed by atoms with van der Waals surface area (Å²) in [4.78, 5) is 30.2. The van der Waals surface area contributed by atoms with Crippen molar-refractivity contribution in [3.63, 3.8) is 0 Å². The second-order valence-corrected chi connectivity index (χ2v) is 6.46. The van der Waals surface area contributed by atoms with Gasteiger partial charge in [0.2, 0.25) is 5.89 Å². The molecule has 0 N–H and O–H groups in total. The molecule has 1 aliphatic heterocycles. The minimum absolute atomic E-state index is 0.0411. The number of esters is 1. The first-order valence-corrected chi connectivity index (χ1v) is 8.88. The first-order chi connectivity index (χ1) is 13.3. The minimum atomic E-state index is -4.43. The van der Waals surface area contributed by atoms with Crippen molar-refractivity contribution in [1.82, 2.24) is 9.88 Å². The predicted molar refractivity (Wildman–Crippen MR) is 92.2 cm³/mol. The van der Waals surface area contributed by atoms with Gasteiger partial charge in [-0.2, -0.15) is 13.2 Å². The molecule has 1 fully saturated rings. The number of piperidine rings is 1. The van der Waals surface area contributed by atoms with Gasteiger partial charge in [0, 0.05) is 18.7 Å². The van der Waals surface area contributed by atoms with Crippen molar-refractivity contribution in [2.24, 2.45) is 5.92 Å². The van der Waals surface area contributed by atoms with Crippen molar-refractivity contribution in [3.8, 4) is 11.5 Å². The first kappa shape index (κ1) is 19.9. The fraction of sp³-hybridized carbons (Fsp3) is 0.421. The Morgan fingerprint density at radius 1 is 1.29 bits per heavy atom. The van der Waals surface area contributed by atoms with Gasteiger partial charge in [0.15, 0.2) is 5.69 Å². The fourth-order valence-corrected chi connectivity index (χ4v) is 3.08. The Kier molecular flexibility index (Phi) is 5.71. The first-order valence-electron chi connectivity index (χ1n) is 8.88. The lowest BCUT2D eigenvalue weighted by atomic mass is 9.98. The van der Waals surface area contributed by atoms with E-state index >= 15 is 0 Å². The normalized spacial score (nSPS) is 17.4. The van der Waals surface area contributed by atoms with Crippen LogP contribution in [0.4, 0.5) is 13.2 Å². The highest BCUT2D eigenvalue weighted by molar-refractivity contribution is 5.93. The third-order valence-electron chi connectivity index (χ3n) is 4.51. The Morgan fingerprint density at radius 3 is 2.64 bits per heavy atom. The van der Waals surface area contributed by atoms with Crippen molar-refractivity contribution < 1.29 is 31.9 Å². The van der Waals surface area contributed by atoms with Crippen LogP contribution in [-0.4, -0.2) is 41.5 Å². The summed E-state index contributed by atoms with van der Waals surface area (Å²) in [6.45, 7) is 2.72. The molecule has 1 aromatic carbocycles. The molecule has 1 aromatic heterocycles. The molecule has 28 heavy (non-hydrogen) atoms. The van der Waals surface area contributed by atoms with Crippen LogP contribution in [0.25, 0.3) is 11.5 Å². The maximum atomic E-state index is 12.7. The number of ether oxygens (including phenoxy) is 1. The van der Waals surface area contributed by atoms with Crippen molar-refractivity contribution in [2.75, 3.05) is 19.7 Å². The lowest BCUT2D eigenvalue weighted by molar-refractivity contribution is -0.149. The molecule has 0 radical (unpaired) electrons. The minimum Gasteiger partial charge on any atom is -0.466 e. The molecule has 2 aromatic rings. The summed E-state index contributed by atoms with van der Waals surface area (Å²) < 4.78 is 48.2. The van der Waals surface area contributed by atoms with Crippen LogP contribution in [0, 0.1) is 5.92 Å². The number of hydrogen-bond acceptors (Lipinski definition) is 5. The van der Waals surface area contributed by atoms with Crippen LogP contribution < -0.4 is 0 Å². The largest absolute Gasteiger partial charge is 0.466 e. The topological polar surface area (TPSA) is 72.6 Å². The summed E-state index contributed by atoms with van der Waals surface area (Å²) in [6, 6.07) is 4.33. The van der Waals surface area contributed by atoms with Gasteiger partial charge in [-0.1, -0.05) is 0 Å². The highest BCUT2D eigenvalue weighted by atomic mass is 19.4. The number of rotatable bonds is 4. The average Bonchev–Trinajstić information content (AvgIpc) is 3.17. The number of carbonyl (C=O) groups is 2. The van der Waals surface area contributed by atoms with Gasteiger partial charge in [0.05, 0.1) is 18.1 Å². The van der Waals surface area contributed by atoms with Crippen molar-refractivity contribution in [3.05, 3.63) is 41.8 Å². The Morgan fingerprint density at radius 2 is 2.00 bits per heavy atom. The number of amides is 1. The SMILES string of the molecule is CCOC(=O)C1CCCN(C(=O)c2coc(-c3ccc(C(F)(F)F)cc3)n2)C1. The Hall–Kier alpha value is -2.84. The molecule has 0 aliphatic carbocycles. The van der Waals surface area contributed by atoms with Gasteiger partial charge in [0.25, 0.3) is 5.91 Å². The summed E-state index contributed by atoms with van der Waals surface area (Å²) in [7, 11) is 0. The molecule has 1 aliphatic rings. The monoisotopic (exact) mass is 396 g/mol. The van der Waals surface area contributed by atoms with Gasteiger partial charge in [0.1, 0.15) is 6.26 Å². The van der Waals surface area contributed by atoms with E-state index in [0.29, 0.717) is 24.9 Å². The average molecular weight is 396 g/mol. The van der Waals surface area contributed by atoms with Crippen LogP contribution in [0.2, 0.25) is 0 Å². The molecule has 0 bridgehead atoms. The van der Waals surface area contributed by atoms with Crippen LogP contribution in [-0.2, 0) is 15.7 Å². The van der Waals surface area contributed by atoms with Crippen molar-refractivity contribution in [2.45, 2.75) is 25.9 Å². The molecule has 1 saturated heterocycles. The molecular formula is C19H19F3N2O4. The number of nitrogens with zero attached hydrogens (tertiary/aromatic N) is 2. The lowest BCUT2D eigenvalue weighted by Crippen LogP contribution is -2.42. The fourth-order valence-electron chi connectivity index (χ4n) is 3.08. The van der Waals surface area contributed by atoms with Crippen molar-refractivity contribution >= 4 is 11.9 Å². The van der Waals surface area contributed by atoms with E-state index in [2.05, 4.69) is 4.98 Å². The van der Waals surface area contributed by atoms with E-state index < -0.39 is 17.6 Å². The molecule has 2 heterocycles. The summed E-state index contributed by atoms with van der Waals surface area (Å²) >= 11 is 0. The molecule has 3 rings (SSSR count). The standard InChI is InChI=1S/C19H19F3N2O4/c1-2-27-18(26)13-4-3-9-24(10-13)17(25)15-11-28-16(23-15)12-5-7-14(8-6-12)19(20,21)22/h5-8,11,13H,2-4,9-10H2,1H3. The van der Waals surface area contributed by atoms with Crippen LogP contribution in [0.3, 0.4) is 0 Å².